The molecule has 0 saturated carbocycles. The molecule has 0 radical (unpaired) electrons. The van der Waals surface area contributed by atoms with Crippen molar-refractivity contribution in [2.45, 2.75) is 45.8 Å². The van der Waals surface area contributed by atoms with Gasteiger partial charge < -0.3 is 10.8 Å². The molecule has 0 fully saturated rings. The Hall–Kier alpha value is -0.860. The van der Waals surface area contributed by atoms with Crippen LogP contribution in [0.4, 0.5) is 0 Å². The van der Waals surface area contributed by atoms with Gasteiger partial charge in [0.05, 0.1) is 12.1 Å². The van der Waals surface area contributed by atoms with E-state index >= 15 is 0 Å². The minimum Gasteiger partial charge on any atom is -0.391 e. The van der Waals surface area contributed by atoms with E-state index in [-0.39, 0.29) is 6.04 Å². The number of nitrogens with two attached hydrogens (primary N) is 1. The Morgan fingerprint density at radius 3 is 2.19 bits per heavy atom. The second-order valence-corrected chi connectivity index (χ2v) is 4.98. The van der Waals surface area contributed by atoms with E-state index in [1.165, 1.54) is 5.56 Å². The maximum Gasteiger partial charge on any atom is 0.0732 e. The van der Waals surface area contributed by atoms with Crippen molar-refractivity contribution in [3.63, 3.8) is 0 Å². The zero-order valence-electron chi connectivity index (χ0n) is 10.5. The summed E-state index contributed by atoms with van der Waals surface area (Å²) in [4.78, 5) is 0. The number of aliphatic hydroxyl groups is 1. The Morgan fingerprint density at radius 1 is 1.12 bits per heavy atom. The molecule has 0 amide bonds. The van der Waals surface area contributed by atoms with Crippen LogP contribution in [0.3, 0.4) is 0 Å². The molecule has 0 aliphatic rings. The molecule has 0 saturated heterocycles. The third-order valence-electron chi connectivity index (χ3n) is 2.92. The monoisotopic (exact) mass is 221 g/mol. The fourth-order valence-electron chi connectivity index (χ4n) is 1.69. The average Bonchev–Trinajstić information content (AvgIpc) is 2.26. The number of aliphatic hydroxyl groups excluding tert-OH is 1. The molecule has 3 N–H and O–H groups in total. The van der Waals surface area contributed by atoms with Gasteiger partial charge >= 0.3 is 0 Å². The van der Waals surface area contributed by atoms with Gasteiger partial charge in [-0.1, -0.05) is 43.7 Å². The maximum atomic E-state index is 9.96. The first kappa shape index (κ1) is 13.2. The molecule has 1 aromatic carbocycles. The predicted molar refractivity (Wildman–Crippen MR) is 68.2 cm³/mol. The topological polar surface area (TPSA) is 46.2 Å². The molecule has 2 nitrogen and oxygen atoms in total. The van der Waals surface area contributed by atoms with Crippen LogP contribution < -0.4 is 5.73 Å². The third kappa shape index (κ3) is 3.95. The van der Waals surface area contributed by atoms with Crippen LogP contribution in [-0.2, 0) is 0 Å². The Labute approximate surface area is 98.5 Å². The van der Waals surface area contributed by atoms with Gasteiger partial charge in [-0.3, -0.25) is 0 Å². The Balaban J connectivity index is 2.56. The van der Waals surface area contributed by atoms with Gasteiger partial charge in [0.1, 0.15) is 0 Å². The van der Waals surface area contributed by atoms with Crippen molar-refractivity contribution in [3.05, 3.63) is 35.4 Å². The van der Waals surface area contributed by atoms with E-state index in [0.29, 0.717) is 5.92 Å². The van der Waals surface area contributed by atoms with Gasteiger partial charge in [0.15, 0.2) is 0 Å². The van der Waals surface area contributed by atoms with Gasteiger partial charge in [-0.05, 0) is 31.2 Å². The first-order valence-corrected chi connectivity index (χ1v) is 6.01. The van der Waals surface area contributed by atoms with Crippen molar-refractivity contribution in [1.29, 1.82) is 0 Å². The van der Waals surface area contributed by atoms with Gasteiger partial charge in [-0.15, -0.1) is 0 Å². The van der Waals surface area contributed by atoms with E-state index in [1.54, 1.807) is 0 Å². The molecule has 0 aliphatic heterocycles. The smallest absolute Gasteiger partial charge is 0.0732 e. The lowest BCUT2D eigenvalue weighted by Crippen LogP contribution is -2.26. The standard InChI is InChI=1S/C14H23NO/c1-10(2)4-9-13(16)14(15)12-7-5-11(3)6-8-12/h5-8,10,13-14,16H,4,9,15H2,1-3H3/t13-,14+/m1/s1. The summed E-state index contributed by atoms with van der Waals surface area (Å²) in [6.45, 7) is 6.36. The highest BCUT2D eigenvalue weighted by Crippen LogP contribution is 2.19. The minimum atomic E-state index is -0.440. The molecule has 1 aromatic rings. The second-order valence-electron chi connectivity index (χ2n) is 4.98. The van der Waals surface area contributed by atoms with Crippen LogP contribution in [-0.4, -0.2) is 11.2 Å². The van der Waals surface area contributed by atoms with Crippen LogP contribution in [0, 0.1) is 12.8 Å². The normalized spacial score (nSPS) is 15.1. The quantitative estimate of drug-likeness (QED) is 0.803. The SMILES string of the molecule is Cc1ccc([C@H](N)[C@H](O)CCC(C)C)cc1. The second kappa shape index (κ2) is 6.02. The first-order valence-electron chi connectivity index (χ1n) is 6.01. The molecule has 1 rings (SSSR count). The van der Waals surface area contributed by atoms with Crippen molar-refractivity contribution in [2.24, 2.45) is 11.7 Å². The van der Waals surface area contributed by atoms with Crippen LogP contribution in [0.1, 0.15) is 43.9 Å². The van der Waals surface area contributed by atoms with Crippen LogP contribution in [0.25, 0.3) is 0 Å². The predicted octanol–water partition coefficient (Wildman–Crippen LogP) is 2.79. The summed E-state index contributed by atoms with van der Waals surface area (Å²) >= 11 is 0. The summed E-state index contributed by atoms with van der Waals surface area (Å²) in [6.07, 6.45) is 1.35. The van der Waals surface area contributed by atoms with E-state index in [2.05, 4.69) is 13.8 Å². The minimum absolute atomic E-state index is 0.264. The summed E-state index contributed by atoms with van der Waals surface area (Å²) in [7, 11) is 0. The zero-order chi connectivity index (χ0) is 12.1. The van der Waals surface area contributed by atoms with Crippen molar-refractivity contribution in [2.75, 3.05) is 0 Å². The maximum absolute atomic E-state index is 9.96. The molecule has 0 unspecified atom stereocenters. The number of rotatable bonds is 5. The third-order valence-corrected chi connectivity index (χ3v) is 2.92. The molecule has 0 spiro atoms. The Bertz CT molecular complexity index is 305. The molecular formula is C14H23NO. The van der Waals surface area contributed by atoms with Crippen molar-refractivity contribution < 1.29 is 5.11 Å². The summed E-state index contributed by atoms with van der Waals surface area (Å²) in [5.41, 5.74) is 8.26. The molecule has 16 heavy (non-hydrogen) atoms. The van der Waals surface area contributed by atoms with Crippen molar-refractivity contribution in [1.82, 2.24) is 0 Å². The lowest BCUT2D eigenvalue weighted by atomic mass is 9.95. The molecule has 2 heteroatoms. The molecule has 0 aliphatic carbocycles. The van der Waals surface area contributed by atoms with Crippen LogP contribution in [0.2, 0.25) is 0 Å². The van der Waals surface area contributed by atoms with E-state index in [9.17, 15) is 5.11 Å². The molecule has 0 heterocycles. The lowest BCUT2D eigenvalue weighted by molar-refractivity contribution is 0.128. The largest absolute Gasteiger partial charge is 0.391 e. The van der Waals surface area contributed by atoms with Gasteiger partial charge in [-0.2, -0.15) is 0 Å². The van der Waals surface area contributed by atoms with Crippen molar-refractivity contribution >= 4 is 0 Å². The van der Waals surface area contributed by atoms with Crippen LogP contribution >= 0.6 is 0 Å². The van der Waals surface area contributed by atoms with Gasteiger partial charge in [0.25, 0.3) is 0 Å². The highest BCUT2D eigenvalue weighted by atomic mass is 16.3. The summed E-state index contributed by atoms with van der Waals surface area (Å²) in [5.74, 6) is 0.611. The van der Waals surface area contributed by atoms with E-state index in [0.717, 1.165) is 18.4 Å². The summed E-state index contributed by atoms with van der Waals surface area (Å²) in [6, 6.07) is 7.80. The highest BCUT2D eigenvalue weighted by molar-refractivity contribution is 5.24. The Morgan fingerprint density at radius 2 is 1.69 bits per heavy atom. The van der Waals surface area contributed by atoms with E-state index < -0.39 is 6.10 Å². The number of aryl methyl sites for hydroxylation is 1. The van der Waals surface area contributed by atoms with Gasteiger partial charge in [0.2, 0.25) is 0 Å². The van der Waals surface area contributed by atoms with Crippen LogP contribution in [0.15, 0.2) is 24.3 Å². The number of benzene rings is 1. The van der Waals surface area contributed by atoms with E-state index in [4.69, 9.17) is 5.73 Å². The first-order chi connectivity index (χ1) is 7.50. The highest BCUT2D eigenvalue weighted by Gasteiger charge is 2.16. The molecule has 0 aromatic heterocycles. The molecular weight excluding hydrogens is 198 g/mol. The fraction of sp³-hybridized carbons (Fsp3) is 0.571. The van der Waals surface area contributed by atoms with Gasteiger partial charge in [0, 0.05) is 0 Å². The van der Waals surface area contributed by atoms with Gasteiger partial charge in [-0.25, -0.2) is 0 Å². The summed E-state index contributed by atoms with van der Waals surface area (Å²) < 4.78 is 0. The molecule has 0 bridgehead atoms. The van der Waals surface area contributed by atoms with Crippen LogP contribution in [0.5, 0.6) is 0 Å². The summed E-state index contributed by atoms with van der Waals surface area (Å²) in [5, 5.41) is 9.96. The Kier molecular flexibility index (Phi) is 4.97. The average molecular weight is 221 g/mol. The number of hydrogen-bond acceptors (Lipinski definition) is 2. The van der Waals surface area contributed by atoms with Crippen molar-refractivity contribution in [3.8, 4) is 0 Å². The molecule has 90 valence electrons. The fourth-order valence-corrected chi connectivity index (χ4v) is 1.69. The number of hydrogen-bond donors (Lipinski definition) is 2. The zero-order valence-corrected chi connectivity index (χ0v) is 10.5. The molecule has 2 atom stereocenters. The lowest BCUT2D eigenvalue weighted by Gasteiger charge is -2.20. The van der Waals surface area contributed by atoms with E-state index in [1.807, 2.05) is 31.2 Å².